The molecule has 5 atom stereocenters. The molecule has 6 heteroatoms. The van der Waals surface area contributed by atoms with Crippen molar-refractivity contribution in [3.05, 3.63) is 11.1 Å². The van der Waals surface area contributed by atoms with Gasteiger partial charge in [-0.1, -0.05) is 34.1 Å². The van der Waals surface area contributed by atoms with Gasteiger partial charge >= 0.3 is 11.9 Å². The lowest BCUT2D eigenvalue weighted by Gasteiger charge is -2.60. The van der Waals surface area contributed by atoms with Gasteiger partial charge in [0, 0.05) is 17.4 Å². The Morgan fingerprint density at radius 2 is 2.00 bits per heavy atom. The van der Waals surface area contributed by atoms with E-state index in [-0.39, 0.29) is 23.8 Å². The van der Waals surface area contributed by atoms with Gasteiger partial charge < -0.3 is 19.7 Å². The standard InChI is InChI=1S/C19H28O6/c1-10(2)15(20)24-14-13-12(4)16(21)25-19(13,23)9-18(22)8-6-7-11(3)17(14,18)5/h10-11,14,22-23H,6-9H2,1-5H3. The van der Waals surface area contributed by atoms with Crippen LogP contribution in [-0.2, 0) is 19.1 Å². The Balaban J connectivity index is 2.18. The summed E-state index contributed by atoms with van der Waals surface area (Å²) in [6.45, 7) is 8.96. The van der Waals surface area contributed by atoms with Crippen molar-refractivity contribution >= 4 is 11.9 Å². The second-order valence-electron chi connectivity index (χ2n) is 8.47. The average Bonchev–Trinajstić information content (AvgIpc) is 2.71. The summed E-state index contributed by atoms with van der Waals surface area (Å²) in [5.74, 6) is -3.26. The minimum Gasteiger partial charge on any atom is -0.457 e. The van der Waals surface area contributed by atoms with Crippen LogP contribution >= 0.6 is 0 Å². The van der Waals surface area contributed by atoms with Gasteiger partial charge in [-0.05, 0) is 25.7 Å². The second-order valence-corrected chi connectivity index (χ2v) is 8.47. The molecular weight excluding hydrogens is 324 g/mol. The number of aliphatic hydroxyl groups is 2. The van der Waals surface area contributed by atoms with E-state index in [1.54, 1.807) is 20.8 Å². The number of carbonyl (C=O) groups excluding carboxylic acids is 2. The van der Waals surface area contributed by atoms with Crippen molar-refractivity contribution in [2.24, 2.45) is 17.3 Å². The van der Waals surface area contributed by atoms with Gasteiger partial charge in [-0.15, -0.1) is 0 Å². The molecule has 0 aromatic carbocycles. The van der Waals surface area contributed by atoms with Crippen LogP contribution in [0.25, 0.3) is 0 Å². The molecule has 1 aliphatic heterocycles. The molecule has 0 aromatic rings. The number of hydrogen-bond donors (Lipinski definition) is 2. The Morgan fingerprint density at radius 1 is 1.36 bits per heavy atom. The second kappa shape index (κ2) is 5.55. The third-order valence-corrected chi connectivity index (χ3v) is 6.69. The largest absolute Gasteiger partial charge is 0.457 e. The van der Waals surface area contributed by atoms with E-state index >= 15 is 0 Å². The zero-order valence-electron chi connectivity index (χ0n) is 15.6. The summed E-state index contributed by atoms with van der Waals surface area (Å²) in [5, 5.41) is 22.5. The van der Waals surface area contributed by atoms with Crippen molar-refractivity contribution in [2.45, 2.75) is 77.8 Å². The molecule has 6 nitrogen and oxygen atoms in total. The summed E-state index contributed by atoms with van der Waals surface area (Å²) in [7, 11) is 0. The number of rotatable bonds is 2. The maximum atomic E-state index is 12.4. The molecular formula is C19H28O6. The molecule has 0 bridgehead atoms. The minimum absolute atomic E-state index is 0.0526. The van der Waals surface area contributed by atoms with Crippen molar-refractivity contribution in [1.82, 2.24) is 0 Å². The van der Waals surface area contributed by atoms with Crippen molar-refractivity contribution < 1.29 is 29.3 Å². The smallest absolute Gasteiger partial charge is 0.336 e. The number of ether oxygens (including phenoxy) is 2. The predicted molar refractivity (Wildman–Crippen MR) is 89.1 cm³/mol. The van der Waals surface area contributed by atoms with Crippen LogP contribution in [0.2, 0.25) is 0 Å². The SMILES string of the molecule is CC1=C2C(OC(=O)C(C)C)C3(C)C(C)CCCC3(O)CC2(O)OC1=O. The predicted octanol–water partition coefficient (Wildman–Crippen LogP) is 2.08. The number of esters is 2. The Bertz CT molecular complexity index is 652. The normalized spacial score (nSPS) is 43.6. The molecule has 5 unspecified atom stereocenters. The van der Waals surface area contributed by atoms with Crippen LogP contribution in [0.5, 0.6) is 0 Å². The summed E-state index contributed by atoms with van der Waals surface area (Å²) in [4.78, 5) is 24.5. The molecule has 2 saturated carbocycles. The molecule has 3 aliphatic rings. The lowest BCUT2D eigenvalue weighted by atomic mass is 9.49. The number of carbonyl (C=O) groups is 2. The first-order valence-corrected chi connectivity index (χ1v) is 9.06. The summed E-state index contributed by atoms with van der Waals surface area (Å²) >= 11 is 0. The first kappa shape index (κ1) is 18.4. The zero-order chi connectivity index (χ0) is 18.8. The average molecular weight is 352 g/mol. The summed E-state index contributed by atoms with van der Waals surface area (Å²) in [6.07, 6.45) is 1.17. The third-order valence-electron chi connectivity index (χ3n) is 6.69. The Labute approximate surface area is 148 Å². The van der Waals surface area contributed by atoms with E-state index < -0.39 is 34.8 Å². The highest BCUT2D eigenvalue weighted by molar-refractivity contribution is 5.93. The van der Waals surface area contributed by atoms with E-state index in [9.17, 15) is 19.8 Å². The molecule has 140 valence electrons. The molecule has 0 spiro atoms. The van der Waals surface area contributed by atoms with E-state index in [1.165, 1.54) is 0 Å². The Morgan fingerprint density at radius 3 is 2.60 bits per heavy atom. The zero-order valence-corrected chi connectivity index (χ0v) is 15.6. The molecule has 3 rings (SSSR count). The molecule has 2 N–H and O–H groups in total. The molecule has 2 aliphatic carbocycles. The molecule has 0 aromatic heterocycles. The topological polar surface area (TPSA) is 93.1 Å². The first-order valence-electron chi connectivity index (χ1n) is 9.06. The van der Waals surface area contributed by atoms with Crippen LogP contribution in [0.4, 0.5) is 0 Å². The van der Waals surface area contributed by atoms with Crippen LogP contribution in [-0.4, -0.2) is 39.6 Å². The minimum atomic E-state index is -1.91. The van der Waals surface area contributed by atoms with E-state index in [4.69, 9.17) is 9.47 Å². The van der Waals surface area contributed by atoms with Crippen molar-refractivity contribution in [3.63, 3.8) is 0 Å². The molecule has 0 saturated heterocycles. The monoisotopic (exact) mass is 352 g/mol. The summed E-state index contributed by atoms with van der Waals surface area (Å²) in [5.41, 5.74) is -1.51. The van der Waals surface area contributed by atoms with Gasteiger partial charge in [0.1, 0.15) is 6.10 Å². The highest BCUT2D eigenvalue weighted by Crippen LogP contribution is 2.62. The quantitative estimate of drug-likeness (QED) is 0.739. The first-order chi connectivity index (χ1) is 11.5. The van der Waals surface area contributed by atoms with Gasteiger partial charge in [-0.2, -0.15) is 0 Å². The molecule has 0 amide bonds. The van der Waals surface area contributed by atoms with Crippen LogP contribution in [0.1, 0.15) is 60.3 Å². The van der Waals surface area contributed by atoms with E-state index in [0.717, 1.165) is 12.8 Å². The van der Waals surface area contributed by atoms with Gasteiger partial charge in [0.25, 0.3) is 0 Å². The molecule has 2 fully saturated rings. The fraction of sp³-hybridized carbons (Fsp3) is 0.789. The highest BCUT2D eigenvalue weighted by Gasteiger charge is 2.70. The number of hydrogen-bond acceptors (Lipinski definition) is 6. The maximum Gasteiger partial charge on any atom is 0.336 e. The van der Waals surface area contributed by atoms with Crippen molar-refractivity contribution in [2.75, 3.05) is 0 Å². The Hall–Kier alpha value is -1.40. The number of fused-ring (bicyclic) bond motifs is 2. The third kappa shape index (κ3) is 2.37. The fourth-order valence-corrected chi connectivity index (χ4v) is 4.86. The van der Waals surface area contributed by atoms with Crippen LogP contribution in [0.3, 0.4) is 0 Å². The molecule has 0 radical (unpaired) electrons. The van der Waals surface area contributed by atoms with E-state index in [0.29, 0.717) is 12.0 Å². The molecule has 1 heterocycles. The van der Waals surface area contributed by atoms with E-state index in [2.05, 4.69) is 0 Å². The van der Waals surface area contributed by atoms with Crippen LogP contribution in [0, 0.1) is 17.3 Å². The highest BCUT2D eigenvalue weighted by atomic mass is 16.7. The molecule has 25 heavy (non-hydrogen) atoms. The van der Waals surface area contributed by atoms with Gasteiger partial charge in [0.2, 0.25) is 5.79 Å². The lowest BCUT2D eigenvalue weighted by Crippen LogP contribution is -2.68. The lowest BCUT2D eigenvalue weighted by molar-refractivity contribution is -0.275. The van der Waals surface area contributed by atoms with Gasteiger partial charge in [-0.25, -0.2) is 4.79 Å². The fourth-order valence-electron chi connectivity index (χ4n) is 4.86. The van der Waals surface area contributed by atoms with Crippen LogP contribution < -0.4 is 0 Å². The maximum absolute atomic E-state index is 12.4. The summed E-state index contributed by atoms with van der Waals surface area (Å²) in [6, 6.07) is 0. The van der Waals surface area contributed by atoms with Crippen LogP contribution in [0.15, 0.2) is 11.1 Å². The Kier molecular flexibility index (Phi) is 4.08. The van der Waals surface area contributed by atoms with Gasteiger partial charge in [0.15, 0.2) is 0 Å². The van der Waals surface area contributed by atoms with Crippen molar-refractivity contribution in [1.29, 1.82) is 0 Å². The van der Waals surface area contributed by atoms with Gasteiger partial charge in [0.05, 0.1) is 17.1 Å². The summed E-state index contributed by atoms with van der Waals surface area (Å²) < 4.78 is 11.0. The van der Waals surface area contributed by atoms with E-state index in [1.807, 2.05) is 13.8 Å². The van der Waals surface area contributed by atoms with Crippen molar-refractivity contribution in [3.8, 4) is 0 Å². The van der Waals surface area contributed by atoms with Gasteiger partial charge in [-0.3, -0.25) is 4.79 Å².